The molecule has 0 bridgehead atoms. The van der Waals surface area contributed by atoms with Gasteiger partial charge in [-0.3, -0.25) is 4.31 Å². The highest BCUT2D eigenvalue weighted by Gasteiger charge is 2.25. The second-order valence-corrected chi connectivity index (χ2v) is 6.93. The lowest BCUT2D eigenvalue weighted by Gasteiger charge is -2.23. The van der Waals surface area contributed by atoms with E-state index in [1.807, 2.05) is 6.07 Å². The molecule has 0 amide bonds. The first-order chi connectivity index (χ1) is 9.46. The molecule has 0 saturated carbocycles. The molecule has 0 heterocycles. The van der Waals surface area contributed by atoms with Crippen LogP contribution in [0.3, 0.4) is 0 Å². The zero-order valence-corrected chi connectivity index (χ0v) is 13.4. The minimum Gasteiger partial charge on any atom is -0.398 e. The van der Waals surface area contributed by atoms with E-state index in [1.54, 1.807) is 43.3 Å². The molecule has 2 aromatic rings. The van der Waals surface area contributed by atoms with E-state index in [0.29, 0.717) is 12.2 Å². The third-order valence-corrected chi connectivity index (χ3v) is 5.34. The molecular weight excluding hydrogens is 340 g/mol. The van der Waals surface area contributed by atoms with E-state index < -0.39 is 10.0 Å². The van der Waals surface area contributed by atoms with Crippen LogP contribution in [-0.4, -0.2) is 15.0 Å². The monoisotopic (exact) mass is 354 g/mol. The van der Waals surface area contributed by atoms with Gasteiger partial charge in [-0.2, -0.15) is 0 Å². The van der Waals surface area contributed by atoms with Gasteiger partial charge in [0.2, 0.25) is 0 Å². The van der Waals surface area contributed by atoms with E-state index in [-0.39, 0.29) is 10.6 Å². The Morgan fingerprint density at radius 3 is 2.35 bits per heavy atom. The minimum atomic E-state index is -3.66. The van der Waals surface area contributed by atoms with Crippen molar-refractivity contribution >= 4 is 37.3 Å². The van der Waals surface area contributed by atoms with Gasteiger partial charge in [0.25, 0.3) is 10.0 Å². The predicted octanol–water partition coefficient (Wildman–Crippen LogP) is 3.25. The fourth-order valence-electron chi connectivity index (χ4n) is 1.96. The summed E-state index contributed by atoms with van der Waals surface area (Å²) in [6.45, 7) is 2.13. The van der Waals surface area contributed by atoms with Crippen LogP contribution in [0.25, 0.3) is 0 Å². The highest BCUT2D eigenvalue weighted by molar-refractivity contribution is 9.10. The Kier molecular flexibility index (Phi) is 4.35. The van der Waals surface area contributed by atoms with Crippen LogP contribution in [0.5, 0.6) is 0 Å². The fourth-order valence-corrected chi connectivity index (χ4v) is 3.91. The van der Waals surface area contributed by atoms with Gasteiger partial charge in [-0.1, -0.05) is 34.1 Å². The number of rotatable bonds is 4. The number of halogens is 1. The van der Waals surface area contributed by atoms with Gasteiger partial charge in [0.1, 0.15) is 4.90 Å². The van der Waals surface area contributed by atoms with Crippen molar-refractivity contribution in [1.29, 1.82) is 0 Å². The summed E-state index contributed by atoms with van der Waals surface area (Å²) in [7, 11) is -3.66. The Bertz CT molecular complexity index is 702. The topological polar surface area (TPSA) is 63.4 Å². The number of anilines is 2. The van der Waals surface area contributed by atoms with Crippen molar-refractivity contribution in [3.63, 3.8) is 0 Å². The van der Waals surface area contributed by atoms with Gasteiger partial charge in [0, 0.05) is 11.0 Å². The third kappa shape index (κ3) is 2.81. The molecule has 20 heavy (non-hydrogen) atoms. The molecule has 2 aromatic carbocycles. The molecule has 0 radical (unpaired) electrons. The molecule has 106 valence electrons. The first kappa shape index (κ1) is 14.9. The maximum absolute atomic E-state index is 12.7. The number of sulfonamides is 1. The van der Waals surface area contributed by atoms with E-state index in [0.717, 1.165) is 4.47 Å². The molecule has 0 saturated heterocycles. The standard InChI is InChI=1S/C14H15BrN2O2S/c1-2-17(12-6-4-3-5-7-12)20(18,19)14-9-8-11(15)10-13(14)16/h3-10H,2,16H2,1H3. The molecule has 0 aromatic heterocycles. The fraction of sp³-hybridized carbons (Fsp3) is 0.143. The lowest BCUT2D eigenvalue weighted by molar-refractivity contribution is 0.592. The van der Waals surface area contributed by atoms with Gasteiger partial charge in [0.15, 0.2) is 0 Å². The molecule has 0 spiro atoms. The summed E-state index contributed by atoms with van der Waals surface area (Å²) in [5, 5.41) is 0. The van der Waals surface area contributed by atoms with E-state index in [9.17, 15) is 8.42 Å². The average molecular weight is 355 g/mol. The largest absolute Gasteiger partial charge is 0.398 e. The van der Waals surface area contributed by atoms with Crippen molar-refractivity contribution in [2.75, 3.05) is 16.6 Å². The van der Waals surface area contributed by atoms with Gasteiger partial charge in [-0.05, 0) is 37.3 Å². The van der Waals surface area contributed by atoms with Crippen LogP contribution >= 0.6 is 15.9 Å². The van der Waals surface area contributed by atoms with Crippen molar-refractivity contribution in [3.8, 4) is 0 Å². The van der Waals surface area contributed by atoms with Gasteiger partial charge in [-0.25, -0.2) is 8.42 Å². The van der Waals surface area contributed by atoms with E-state index >= 15 is 0 Å². The van der Waals surface area contributed by atoms with E-state index in [2.05, 4.69) is 15.9 Å². The van der Waals surface area contributed by atoms with Crippen molar-refractivity contribution in [2.45, 2.75) is 11.8 Å². The van der Waals surface area contributed by atoms with Crippen LogP contribution in [0.15, 0.2) is 57.9 Å². The van der Waals surface area contributed by atoms with Crippen LogP contribution in [0.2, 0.25) is 0 Å². The number of nitrogens with zero attached hydrogens (tertiary/aromatic N) is 1. The minimum absolute atomic E-state index is 0.117. The average Bonchev–Trinajstić information content (AvgIpc) is 2.40. The SMILES string of the molecule is CCN(c1ccccc1)S(=O)(=O)c1ccc(Br)cc1N. The normalized spacial score (nSPS) is 11.3. The van der Waals surface area contributed by atoms with Gasteiger partial charge >= 0.3 is 0 Å². The summed E-state index contributed by atoms with van der Waals surface area (Å²) in [4.78, 5) is 0.117. The first-order valence-corrected chi connectivity index (χ1v) is 8.33. The van der Waals surface area contributed by atoms with E-state index in [1.165, 1.54) is 10.4 Å². The Hall–Kier alpha value is -1.53. The van der Waals surface area contributed by atoms with Crippen molar-refractivity contribution < 1.29 is 8.42 Å². The van der Waals surface area contributed by atoms with E-state index in [4.69, 9.17) is 5.73 Å². The van der Waals surface area contributed by atoms with Crippen molar-refractivity contribution in [3.05, 3.63) is 53.0 Å². The van der Waals surface area contributed by atoms with Crippen LogP contribution in [0, 0.1) is 0 Å². The second kappa shape index (κ2) is 5.85. The number of benzene rings is 2. The molecule has 0 aliphatic heterocycles. The zero-order chi connectivity index (χ0) is 14.8. The molecule has 4 nitrogen and oxygen atoms in total. The molecular formula is C14H15BrN2O2S. The van der Waals surface area contributed by atoms with Gasteiger partial charge < -0.3 is 5.73 Å². The second-order valence-electron chi connectivity index (χ2n) is 4.19. The van der Waals surface area contributed by atoms with Crippen LogP contribution in [0.1, 0.15) is 6.92 Å². The van der Waals surface area contributed by atoms with Crippen molar-refractivity contribution in [1.82, 2.24) is 0 Å². The molecule has 0 atom stereocenters. The van der Waals surface area contributed by atoms with Crippen molar-refractivity contribution in [2.24, 2.45) is 0 Å². The summed E-state index contributed by atoms with van der Waals surface area (Å²) < 4.78 is 27.5. The Morgan fingerprint density at radius 1 is 1.15 bits per heavy atom. The summed E-state index contributed by atoms with van der Waals surface area (Å²) >= 11 is 3.27. The Morgan fingerprint density at radius 2 is 1.80 bits per heavy atom. The molecule has 2 rings (SSSR count). The smallest absolute Gasteiger partial charge is 0.266 e. The summed E-state index contributed by atoms with van der Waals surface area (Å²) in [6.07, 6.45) is 0. The van der Waals surface area contributed by atoms with Gasteiger partial charge in [-0.15, -0.1) is 0 Å². The number of para-hydroxylation sites is 1. The van der Waals surface area contributed by atoms with Gasteiger partial charge in [0.05, 0.1) is 11.4 Å². The summed E-state index contributed by atoms with van der Waals surface area (Å²) in [6, 6.07) is 13.7. The molecule has 0 unspecified atom stereocenters. The summed E-state index contributed by atoms with van der Waals surface area (Å²) in [5.41, 5.74) is 6.70. The first-order valence-electron chi connectivity index (χ1n) is 6.09. The molecule has 6 heteroatoms. The van der Waals surface area contributed by atoms with Crippen LogP contribution < -0.4 is 10.0 Å². The highest BCUT2D eigenvalue weighted by atomic mass is 79.9. The Balaban J connectivity index is 2.53. The maximum Gasteiger partial charge on any atom is 0.266 e. The number of hydrogen-bond donors (Lipinski definition) is 1. The maximum atomic E-state index is 12.7. The number of nitrogens with two attached hydrogens (primary N) is 1. The Labute approximate surface area is 127 Å². The van der Waals surface area contributed by atoms with Crippen LogP contribution in [0.4, 0.5) is 11.4 Å². The lowest BCUT2D eigenvalue weighted by Crippen LogP contribution is -2.31. The molecule has 0 aliphatic rings. The quantitative estimate of drug-likeness (QED) is 0.857. The predicted molar refractivity (Wildman–Crippen MR) is 85.2 cm³/mol. The molecule has 2 N–H and O–H groups in total. The molecule has 0 fully saturated rings. The number of hydrogen-bond acceptors (Lipinski definition) is 3. The lowest BCUT2D eigenvalue weighted by atomic mass is 10.3. The summed E-state index contributed by atoms with van der Waals surface area (Å²) in [5.74, 6) is 0. The molecule has 0 aliphatic carbocycles. The number of nitrogen functional groups attached to an aromatic ring is 1. The zero-order valence-electron chi connectivity index (χ0n) is 11.0. The van der Waals surface area contributed by atoms with Crippen LogP contribution in [-0.2, 0) is 10.0 Å². The third-order valence-electron chi connectivity index (χ3n) is 2.87. The highest BCUT2D eigenvalue weighted by Crippen LogP contribution is 2.28.